The van der Waals surface area contributed by atoms with Crippen molar-refractivity contribution in [2.24, 2.45) is 0 Å². The first-order chi connectivity index (χ1) is 9.10. The third-order valence-corrected chi connectivity index (χ3v) is 3.41. The largest absolute Gasteiger partial charge is 0.335 e. The van der Waals surface area contributed by atoms with Crippen molar-refractivity contribution in [2.45, 2.75) is 25.0 Å². The summed E-state index contributed by atoms with van der Waals surface area (Å²) in [5.74, 6) is 0.385. The zero-order valence-electron chi connectivity index (χ0n) is 11.5. The quantitative estimate of drug-likeness (QED) is 0.541. The van der Waals surface area contributed by atoms with Crippen molar-refractivity contribution in [3.8, 4) is 0 Å². The molecule has 1 aromatic heterocycles. The molecule has 1 rings (SSSR count). The van der Waals surface area contributed by atoms with E-state index in [-0.39, 0.29) is 11.9 Å². The molecular formula is C13H20N4OS. The lowest BCUT2D eigenvalue weighted by molar-refractivity contribution is -0.127. The van der Waals surface area contributed by atoms with Crippen molar-refractivity contribution in [1.82, 2.24) is 19.7 Å². The molecule has 1 amide bonds. The van der Waals surface area contributed by atoms with E-state index in [4.69, 9.17) is 0 Å². The second-order valence-electron chi connectivity index (χ2n) is 4.28. The van der Waals surface area contributed by atoms with E-state index in [1.54, 1.807) is 23.4 Å². The van der Waals surface area contributed by atoms with E-state index in [2.05, 4.69) is 37.2 Å². The van der Waals surface area contributed by atoms with Crippen LogP contribution in [-0.4, -0.2) is 44.4 Å². The van der Waals surface area contributed by atoms with Crippen LogP contribution in [0.3, 0.4) is 0 Å². The predicted molar refractivity (Wildman–Crippen MR) is 78.1 cm³/mol. The van der Waals surface area contributed by atoms with Crippen molar-refractivity contribution in [3.05, 3.63) is 31.6 Å². The second kappa shape index (κ2) is 7.78. The van der Waals surface area contributed by atoms with Gasteiger partial charge in [0.05, 0.1) is 5.75 Å². The molecule has 19 heavy (non-hydrogen) atoms. The van der Waals surface area contributed by atoms with Crippen molar-refractivity contribution < 1.29 is 4.79 Å². The van der Waals surface area contributed by atoms with Gasteiger partial charge in [0.15, 0.2) is 5.16 Å². The van der Waals surface area contributed by atoms with Gasteiger partial charge in [-0.1, -0.05) is 23.9 Å². The number of carbonyl (C=O) groups excluding carboxylic acids is 1. The average molecular weight is 280 g/mol. The number of thioether (sulfide) groups is 1. The van der Waals surface area contributed by atoms with Crippen LogP contribution in [0.4, 0.5) is 0 Å². The van der Waals surface area contributed by atoms with Gasteiger partial charge in [-0.25, -0.2) is 0 Å². The molecule has 0 saturated heterocycles. The molecule has 0 aliphatic rings. The Morgan fingerprint density at radius 2 is 2.11 bits per heavy atom. The fraction of sp³-hybridized carbons (Fsp3) is 0.462. The van der Waals surface area contributed by atoms with Crippen molar-refractivity contribution in [2.75, 3.05) is 18.8 Å². The summed E-state index contributed by atoms with van der Waals surface area (Å²) in [7, 11) is 0. The van der Waals surface area contributed by atoms with Gasteiger partial charge >= 0.3 is 0 Å². The summed E-state index contributed by atoms with van der Waals surface area (Å²) in [4.78, 5) is 13.7. The molecule has 104 valence electrons. The first-order valence-corrected chi connectivity index (χ1v) is 7.10. The highest BCUT2D eigenvalue weighted by molar-refractivity contribution is 7.99. The van der Waals surface area contributed by atoms with E-state index < -0.39 is 0 Å². The number of rotatable bonds is 8. The molecule has 0 atom stereocenters. The van der Waals surface area contributed by atoms with E-state index in [0.717, 1.165) is 5.16 Å². The molecule has 0 fully saturated rings. The van der Waals surface area contributed by atoms with Gasteiger partial charge < -0.3 is 9.47 Å². The molecule has 6 heteroatoms. The summed E-state index contributed by atoms with van der Waals surface area (Å²) in [5.41, 5.74) is 0. The maximum atomic E-state index is 12.1. The Labute approximate surface area is 118 Å². The summed E-state index contributed by atoms with van der Waals surface area (Å²) in [5, 5.41) is 8.66. The van der Waals surface area contributed by atoms with Crippen molar-refractivity contribution >= 4 is 17.7 Å². The van der Waals surface area contributed by atoms with E-state index >= 15 is 0 Å². The van der Waals surface area contributed by atoms with Gasteiger partial charge in [0, 0.05) is 19.1 Å². The number of carbonyl (C=O) groups is 1. The van der Waals surface area contributed by atoms with Crippen LogP contribution in [0.25, 0.3) is 0 Å². The third-order valence-electron chi connectivity index (χ3n) is 2.47. The fourth-order valence-electron chi connectivity index (χ4n) is 1.50. The van der Waals surface area contributed by atoms with Crippen LogP contribution in [0, 0.1) is 0 Å². The predicted octanol–water partition coefficient (Wildman–Crippen LogP) is 2.15. The molecule has 1 aromatic rings. The maximum Gasteiger partial charge on any atom is 0.233 e. The molecule has 0 unspecified atom stereocenters. The van der Waals surface area contributed by atoms with Crippen LogP contribution in [0.2, 0.25) is 0 Å². The SMILES string of the molecule is C=CCN(CC=C)C(=O)CSc1nncn1C(C)C. The zero-order chi connectivity index (χ0) is 14.3. The van der Waals surface area contributed by atoms with Crippen LogP contribution in [0.1, 0.15) is 19.9 Å². The Kier molecular flexibility index (Phi) is 6.35. The lowest BCUT2D eigenvalue weighted by Crippen LogP contribution is -2.32. The Balaban J connectivity index is 2.59. The lowest BCUT2D eigenvalue weighted by atomic mass is 10.4. The summed E-state index contributed by atoms with van der Waals surface area (Å²) in [6.07, 6.45) is 5.11. The monoisotopic (exact) mass is 280 g/mol. The molecule has 0 N–H and O–H groups in total. The molecule has 0 bridgehead atoms. The van der Waals surface area contributed by atoms with Gasteiger partial charge in [0.2, 0.25) is 5.91 Å². The molecular weight excluding hydrogens is 260 g/mol. The van der Waals surface area contributed by atoms with Crippen LogP contribution >= 0.6 is 11.8 Å². The van der Waals surface area contributed by atoms with Gasteiger partial charge in [0.25, 0.3) is 0 Å². The zero-order valence-corrected chi connectivity index (χ0v) is 12.3. The van der Waals surface area contributed by atoms with E-state index in [1.165, 1.54) is 11.8 Å². The lowest BCUT2D eigenvalue weighted by Gasteiger charge is -2.19. The number of amides is 1. The number of hydrogen-bond donors (Lipinski definition) is 0. The maximum absolute atomic E-state index is 12.1. The molecule has 0 aliphatic heterocycles. The minimum absolute atomic E-state index is 0.0445. The molecule has 0 spiro atoms. The standard InChI is InChI=1S/C13H20N4OS/c1-5-7-16(8-6-2)12(18)9-19-13-15-14-10-17(13)11(3)4/h5-6,10-11H,1-2,7-9H2,3-4H3. The summed E-state index contributed by atoms with van der Waals surface area (Å²) < 4.78 is 1.95. The summed E-state index contributed by atoms with van der Waals surface area (Å²) in [6.45, 7) is 12.5. The highest BCUT2D eigenvalue weighted by Crippen LogP contribution is 2.19. The number of hydrogen-bond acceptors (Lipinski definition) is 4. The van der Waals surface area contributed by atoms with E-state index in [1.807, 2.05) is 4.57 Å². The normalized spacial score (nSPS) is 10.5. The molecule has 0 radical (unpaired) electrons. The van der Waals surface area contributed by atoms with Gasteiger partial charge in [-0.05, 0) is 13.8 Å². The van der Waals surface area contributed by atoms with Gasteiger partial charge in [-0.3, -0.25) is 4.79 Å². The van der Waals surface area contributed by atoms with Gasteiger partial charge in [-0.2, -0.15) is 0 Å². The second-order valence-corrected chi connectivity index (χ2v) is 5.22. The van der Waals surface area contributed by atoms with Crippen molar-refractivity contribution in [3.63, 3.8) is 0 Å². The summed E-state index contributed by atoms with van der Waals surface area (Å²) >= 11 is 1.40. The highest BCUT2D eigenvalue weighted by Gasteiger charge is 2.14. The molecule has 0 saturated carbocycles. The Morgan fingerprint density at radius 3 is 2.63 bits per heavy atom. The minimum atomic E-state index is 0.0445. The summed E-state index contributed by atoms with van der Waals surface area (Å²) in [6, 6.07) is 0.282. The molecule has 0 aromatic carbocycles. The van der Waals surface area contributed by atoms with Gasteiger partial charge in [-0.15, -0.1) is 23.4 Å². The van der Waals surface area contributed by atoms with E-state index in [0.29, 0.717) is 18.8 Å². The Morgan fingerprint density at radius 1 is 1.47 bits per heavy atom. The first-order valence-electron chi connectivity index (χ1n) is 6.12. The molecule has 0 aliphatic carbocycles. The topological polar surface area (TPSA) is 51.0 Å². The molecule has 5 nitrogen and oxygen atoms in total. The van der Waals surface area contributed by atoms with Gasteiger partial charge in [0.1, 0.15) is 6.33 Å². The van der Waals surface area contributed by atoms with Crippen LogP contribution < -0.4 is 0 Å². The highest BCUT2D eigenvalue weighted by atomic mass is 32.2. The number of nitrogens with zero attached hydrogens (tertiary/aromatic N) is 4. The minimum Gasteiger partial charge on any atom is -0.335 e. The van der Waals surface area contributed by atoms with Crippen molar-refractivity contribution in [1.29, 1.82) is 0 Å². The first kappa shape index (κ1) is 15.5. The van der Waals surface area contributed by atoms with Crippen LogP contribution in [-0.2, 0) is 4.79 Å². The third kappa shape index (κ3) is 4.55. The fourth-order valence-corrected chi connectivity index (χ4v) is 2.44. The number of aromatic nitrogens is 3. The Hall–Kier alpha value is -1.56. The Bertz CT molecular complexity index is 432. The average Bonchev–Trinajstić information content (AvgIpc) is 2.84. The molecule has 1 heterocycles. The van der Waals surface area contributed by atoms with E-state index in [9.17, 15) is 4.79 Å². The van der Waals surface area contributed by atoms with Crippen LogP contribution in [0.15, 0.2) is 36.8 Å². The van der Waals surface area contributed by atoms with Crippen LogP contribution in [0.5, 0.6) is 0 Å². The smallest absolute Gasteiger partial charge is 0.233 e.